The van der Waals surface area contributed by atoms with E-state index in [0.29, 0.717) is 0 Å². The third kappa shape index (κ3) is 5.07. The molecule has 0 spiro atoms. The highest BCUT2D eigenvalue weighted by Crippen LogP contribution is 2.32. The molecule has 23 heavy (non-hydrogen) atoms. The fourth-order valence-corrected chi connectivity index (χ4v) is 2.76. The van der Waals surface area contributed by atoms with Crippen molar-refractivity contribution in [2.45, 2.75) is 20.8 Å². The van der Waals surface area contributed by atoms with Crippen LogP contribution in [-0.4, -0.2) is 24.8 Å². The van der Waals surface area contributed by atoms with Crippen molar-refractivity contribution in [2.75, 3.05) is 13.6 Å². The topological polar surface area (TPSA) is 24.8 Å². The quantitative estimate of drug-likeness (QED) is 0.271. The van der Waals surface area contributed by atoms with Crippen molar-refractivity contribution in [3.05, 3.63) is 48.6 Å². The van der Waals surface area contributed by atoms with Crippen LogP contribution in [0.4, 0.5) is 5.69 Å². The maximum absolute atomic E-state index is 6.06. The molecule has 0 N–H and O–H groups in total. The molecule has 2 rings (SSSR count). The predicted molar refractivity (Wildman–Crippen MR) is 114 cm³/mol. The molecule has 0 aliphatic rings. The zero-order chi connectivity index (χ0) is 17.0. The van der Waals surface area contributed by atoms with Crippen LogP contribution in [0, 0.1) is 21.0 Å². The van der Waals surface area contributed by atoms with E-state index in [4.69, 9.17) is 4.74 Å². The van der Waals surface area contributed by atoms with Gasteiger partial charge in [0.15, 0.2) is 0 Å². The minimum Gasteiger partial charge on any atom is -0.457 e. The molecule has 0 fully saturated rings. The Kier molecular flexibility index (Phi) is 6.70. The molecule has 0 unspecified atom stereocenters. The first-order chi connectivity index (χ1) is 10.9. The summed E-state index contributed by atoms with van der Waals surface area (Å²) in [6.45, 7) is 7.15. The van der Waals surface area contributed by atoms with E-state index >= 15 is 0 Å². The van der Waals surface area contributed by atoms with Crippen molar-refractivity contribution in [3.63, 3.8) is 0 Å². The van der Waals surface area contributed by atoms with Crippen molar-refractivity contribution in [1.82, 2.24) is 4.90 Å². The number of hydrogen-bond donors (Lipinski definition) is 0. The second kappa shape index (κ2) is 8.32. The largest absolute Gasteiger partial charge is 0.457 e. The number of nitrogens with zero attached hydrogens (tertiary/aromatic N) is 2. The second-order valence-electron chi connectivity index (χ2n) is 5.40. The molecule has 0 amide bonds. The van der Waals surface area contributed by atoms with Crippen LogP contribution < -0.4 is 4.74 Å². The Hall–Kier alpha value is -0.830. The summed E-state index contributed by atoms with van der Waals surface area (Å²) in [7, 11) is 2.02. The maximum Gasteiger partial charge on any atom is 0.130 e. The molecular weight excluding hydrogens is 514 g/mol. The van der Waals surface area contributed by atoms with Gasteiger partial charge in [-0.25, -0.2) is 4.99 Å². The van der Waals surface area contributed by atoms with Crippen molar-refractivity contribution >= 4 is 57.2 Å². The molecule has 2 aromatic carbocycles. The highest BCUT2D eigenvalue weighted by Gasteiger charge is 2.07. The lowest BCUT2D eigenvalue weighted by Crippen LogP contribution is -2.14. The minimum absolute atomic E-state index is 0.860. The third-order valence-corrected chi connectivity index (χ3v) is 6.37. The van der Waals surface area contributed by atoms with Crippen LogP contribution in [0.5, 0.6) is 11.5 Å². The molecule has 0 aliphatic heterocycles. The zero-order valence-corrected chi connectivity index (χ0v) is 18.0. The minimum atomic E-state index is 0.860. The predicted octanol–water partition coefficient (Wildman–Crippen LogP) is 5.92. The maximum atomic E-state index is 6.06. The van der Waals surface area contributed by atoms with Gasteiger partial charge in [0.1, 0.15) is 11.5 Å². The molecule has 0 heterocycles. The molecule has 0 radical (unpaired) electrons. The molecule has 0 saturated heterocycles. The van der Waals surface area contributed by atoms with Gasteiger partial charge >= 0.3 is 0 Å². The van der Waals surface area contributed by atoms with Gasteiger partial charge in [-0.2, -0.15) is 0 Å². The average molecular weight is 534 g/mol. The van der Waals surface area contributed by atoms with Crippen molar-refractivity contribution in [3.8, 4) is 11.5 Å². The first-order valence-corrected chi connectivity index (χ1v) is 9.55. The Bertz CT molecular complexity index is 729. The molecule has 0 saturated carbocycles. The van der Waals surface area contributed by atoms with E-state index in [1.165, 1.54) is 7.14 Å². The first kappa shape index (κ1) is 18.5. The summed E-state index contributed by atoms with van der Waals surface area (Å²) >= 11 is 4.65. The standard InChI is InChI=1S/C18H20I2N2O/c1-5-22(4)11-21-17-8-13(3)18(9-12(17)2)23-14-6-7-15(19)16(20)10-14/h6-11H,5H2,1-4H3. The SMILES string of the molecule is CCN(C)C=Nc1cc(C)c(Oc2ccc(I)c(I)c2)cc1C. The molecule has 0 atom stereocenters. The molecule has 0 aromatic heterocycles. The van der Waals surface area contributed by atoms with Gasteiger partial charge in [0.2, 0.25) is 0 Å². The Morgan fingerprint density at radius 3 is 2.48 bits per heavy atom. The Morgan fingerprint density at radius 1 is 1.09 bits per heavy atom. The molecule has 122 valence electrons. The van der Waals surface area contributed by atoms with Crippen LogP contribution in [0.3, 0.4) is 0 Å². The zero-order valence-electron chi connectivity index (χ0n) is 13.7. The monoisotopic (exact) mass is 534 g/mol. The summed E-state index contributed by atoms with van der Waals surface area (Å²) < 4.78 is 8.48. The Labute approximate surface area is 165 Å². The molecule has 5 heteroatoms. The number of hydrogen-bond acceptors (Lipinski definition) is 2. The van der Waals surface area contributed by atoms with Crippen molar-refractivity contribution in [1.29, 1.82) is 0 Å². The average Bonchev–Trinajstić information content (AvgIpc) is 2.52. The van der Waals surface area contributed by atoms with E-state index in [2.05, 4.69) is 95.2 Å². The van der Waals surface area contributed by atoms with E-state index in [0.717, 1.165) is 34.9 Å². The highest BCUT2D eigenvalue weighted by atomic mass is 127. The number of ether oxygens (including phenoxy) is 1. The molecule has 3 nitrogen and oxygen atoms in total. The van der Waals surface area contributed by atoms with Crippen LogP contribution in [0.25, 0.3) is 0 Å². The molecule has 0 aliphatic carbocycles. The summed E-state index contributed by atoms with van der Waals surface area (Å²) in [5.74, 6) is 1.74. The molecular formula is C18H20I2N2O. The normalized spacial score (nSPS) is 11.0. The second-order valence-corrected chi connectivity index (χ2v) is 7.72. The first-order valence-electron chi connectivity index (χ1n) is 7.39. The van der Waals surface area contributed by atoms with Gasteiger partial charge in [-0.1, -0.05) is 0 Å². The number of benzene rings is 2. The van der Waals surface area contributed by atoms with Crippen LogP contribution >= 0.6 is 45.2 Å². The van der Waals surface area contributed by atoms with E-state index in [9.17, 15) is 0 Å². The third-order valence-electron chi connectivity index (χ3n) is 3.51. The highest BCUT2D eigenvalue weighted by molar-refractivity contribution is 14.1. The summed E-state index contributed by atoms with van der Waals surface area (Å²) in [6, 6.07) is 10.3. The number of rotatable bonds is 5. The fourth-order valence-electron chi connectivity index (χ4n) is 1.93. The van der Waals surface area contributed by atoms with Gasteiger partial charge in [-0.15, -0.1) is 0 Å². The summed E-state index contributed by atoms with van der Waals surface area (Å²) in [4.78, 5) is 6.60. The van der Waals surface area contributed by atoms with E-state index in [1.54, 1.807) is 0 Å². The number of aliphatic imine (C=N–C) groups is 1. The fraction of sp³-hybridized carbons (Fsp3) is 0.278. The molecule has 0 bridgehead atoms. The van der Waals surface area contributed by atoms with Gasteiger partial charge < -0.3 is 9.64 Å². The van der Waals surface area contributed by atoms with Gasteiger partial charge in [0, 0.05) is 20.7 Å². The lowest BCUT2D eigenvalue weighted by molar-refractivity contribution is 0.478. The van der Waals surface area contributed by atoms with Gasteiger partial charge in [-0.05, 0) is 107 Å². The lowest BCUT2D eigenvalue weighted by Gasteiger charge is -2.13. The lowest BCUT2D eigenvalue weighted by atomic mass is 10.1. The van der Waals surface area contributed by atoms with Gasteiger partial charge in [-0.3, -0.25) is 0 Å². The van der Waals surface area contributed by atoms with E-state index in [-0.39, 0.29) is 0 Å². The van der Waals surface area contributed by atoms with Crippen LogP contribution in [-0.2, 0) is 0 Å². The van der Waals surface area contributed by atoms with Crippen molar-refractivity contribution in [2.24, 2.45) is 4.99 Å². The van der Waals surface area contributed by atoms with E-state index < -0.39 is 0 Å². The van der Waals surface area contributed by atoms with Crippen LogP contribution in [0.1, 0.15) is 18.1 Å². The summed E-state index contributed by atoms with van der Waals surface area (Å²) in [5.41, 5.74) is 3.16. The Morgan fingerprint density at radius 2 is 1.83 bits per heavy atom. The van der Waals surface area contributed by atoms with Crippen LogP contribution in [0.2, 0.25) is 0 Å². The summed E-state index contributed by atoms with van der Waals surface area (Å²) in [6.07, 6.45) is 1.86. The van der Waals surface area contributed by atoms with Crippen LogP contribution in [0.15, 0.2) is 35.3 Å². The van der Waals surface area contributed by atoms with Crippen molar-refractivity contribution < 1.29 is 4.74 Å². The van der Waals surface area contributed by atoms with E-state index in [1.807, 2.05) is 24.4 Å². The smallest absolute Gasteiger partial charge is 0.130 e. The Balaban J connectivity index is 2.25. The van der Waals surface area contributed by atoms with Gasteiger partial charge in [0.05, 0.1) is 12.0 Å². The number of aryl methyl sites for hydroxylation is 2. The molecule has 2 aromatic rings. The van der Waals surface area contributed by atoms with Gasteiger partial charge in [0.25, 0.3) is 0 Å². The summed E-state index contributed by atoms with van der Waals surface area (Å²) in [5, 5.41) is 0. The number of halogens is 2.